The maximum absolute atomic E-state index is 9.33. The first-order valence-corrected chi connectivity index (χ1v) is 6.12. The molecule has 0 atom stereocenters. The highest BCUT2D eigenvalue weighted by Gasteiger charge is 2.07. The number of methoxy groups -OCH3 is 1. The van der Waals surface area contributed by atoms with E-state index in [2.05, 4.69) is 16.0 Å². The Balaban J connectivity index is 2.18. The van der Waals surface area contributed by atoms with E-state index in [0.717, 1.165) is 29.1 Å². The largest absolute Gasteiger partial charge is 0.497 e. The molecule has 1 N–H and O–H groups in total. The van der Waals surface area contributed by atoms with Crippen molar-refractivity contribution in [2.75, 3.05) is 19.1 Å². The maximum Gasteiger partial charge on any atom is 0.119 e. The Morgan fingerprint density at radius 1 is 1.32 bits per heavy atom. The Labute approximate surface area is 113 Å². The molecule has 0 amide bonds. The van der Waals surface area contributed by atoms with Crippen LogP contribution < -0.4 is 9.64 Å². The van der Waals surface area contributed by atoms with Crippen LogP contribution in [0.2, 0.25) is 0 Å². The molecule has 0 saturated carbocycles. The number of pyridine rings is 1. The lowest BCUT2D eigenvalue weighted by molar-refractivity contribution is 0.281. The standard InChI is InChI=1S/C15H18N2O2/c1-17(15-6-7-16-9-13(15)11-18)10-12-4-3-5-14(8-12)19-2/h3-9,18H,10-11H2,1-2H3. The average Bonchev–Trinajstić information content (AvgIpc) is 2.47. The number of rotatable bonds is 5. The molecule has 0 bridgehead atoms. The molecule has 2 rings (SSSR count). The summed E-state index contributed by atoms with van der Waals surface area (Å²) in [5, 5.41) is 9.33. The Bertz CT molecular complexity index is 543. The van der Waals surface area contributed by atoms with Gasteiger partial charge in [0, 0.05) is 37.2 Å². The van der Waals surface area contributed by atoms with E-state index in [9.17, 15) is 5.11 Å². The van der Waals surface area contributed by atoms with Crippen LogP contribution in [0.4, 0.5) is 5.69 Å². The van der Waals surface area contributed by atoms with Crippen molar-refractivity contribution < 1.29 is 9.84 Å². The molecule has 0 spiro atoms. The number of hydrogen-bond donors (Lipinski definition) is 1. The van der Waals surface area contributed by atoms with Crippen LogP contribution in [0.25, 0.3) is 0 Å². The highest BCUT2D eigenvalue weighted by molar-refractivity contribution is 5.51. The fourth-order valence-electron chi connectivity index (χ4n) is 2.04. The molecule has 0 radical (unpaired) electrons. The minimum Gasteiger partial charge on any atom is -0.497 e. The first-order valence-electron chi connectivity index (χ1n) is 6.12. The van der Waals surface area contributed by atoms with Crippen LogP contribution in [0.15, 0.2) is 42.7 Å². The third kappa shape index (κ3) is 3.23. The molecule has 4 heteroatoms. The first-order chi connectivity index (χ1) is 9.24. The quantitative estimate of drug-likeness (QED) is 0.893. The van der Waals surface area contributed by atoms with Crippen molar-refractivity contribution in [3.05, 3.63) is 53.9 Å². The van der Waals surface area contributed by atoms with Gasteiger partial charge in [0.2, 0.25) is 0 Å². The van der Waals surface area contributed by atoms with E-state index in [4.69, 9.17) is 4.74 Å². The van der Waals surface area contributed by atoms with E-state index in [-0.39, 0.29) is 6.61 Å². The number of ether oxygens (including phenoxy) is 1. The van der Waals surface area contributed by atoms with Gasteiger partial charge in [-0.25, -0.2) is 0 Å². The Morgan fingerprint density at radius 3 is 2.89 bits per heavy atom. The summed E-state index contributed by atoms with van der Waals surface area (Å²) in [7, 11) is 3.66. The lowest BCUT2D eigenvalue weighted by Crippen LogP contribution is -2.18. The normalized spacial score (nSPS) is 10.3. The van der Waals surface area contributed by atoms with Gasteiger partial charge in [-0.05, 0) is 23.8 Å². The number of aliphatic hydroxyl groups excluding tert-OH is 1. The molecule has 100 valence electrons. The molecular weight excluding hydrogens is 240 g/mol. The Morgan fingerprint density at radius 2 is 2.16 bits per heavy atom. The molecule has 1 heterocycles. The number of aliphatic hydroxyl groups is 1. The van der Waals surface area contributed by atoms with Gasteiger partial charge in [-0.3, -0.25) is 4.98 Å². The molecule has 0 aliphatic carbocycles. The van der Waals surface area contributed by atoms with Gasteiger partial charge in [0.25, 0.3) is 0 Å². The van der Waals surface area contributed by atoms with Crippen LogP contribution in [0, 0.1) is 0 Å². The van der Waals surface area contributed by atoms with Crippen LogP contribution in [-0.2, 0) is 13.2 Å². The zero-order chi connectivity index (χ0) is 13.7. The third-order valence-electron chi connectivity index (χ3n) is 3.01. The van der Waals surface area contributed by atoms with E-state index in [0.29, 0.717) is 0 Å². The predicted octanol–water partition coefficient (Wildman–Crippen LogP) is 2.22. The monoisotopic (exact) mass is 258 g/mol. The summed E-state index contributed by atoms with van der Waals surface area (Å²) in [6.07, 6.45) is 3.42. The second-order valence-electron chi connectivity index (χ2n) is 4.37. The zero-order valence-electron chi connectivity index (χ0n) is 11.2. The number of aromatic nitrogens is 1. The zero-order valence-corrected chi connectivity index (χ0v) is 11.2. The third-order valence-corrected chi connectivity index (χ3v) is 3.01. The van der Waals surface area contributed by atoms with Gasteiger partial charge in [-0.15, -0.1) is 0 Å². The van der Waals surface area contributed by atoms with Gasteiger partial charge < -0.3 is 14.7 Å². The minimum atomic E-state index is -0.00831. The molecule has 0 aliphatic rings. The van der Waals surface area contributed by atoms with Gasteiger partial charge in [-0.1, -0.05) is 12.1 Å². The molecule has 19 heavy (non-hydrogen) atoms. The fourth-order valence-corrected chi connectivity index (χ4v) is 2.04. The topological polar surface area (TPSA) is 45.6 Å². The summed E-state index contributed by atoms with van der Waals surface area (Å²) in [5.41, 5.74) is 2.97. The summed E-state index contributed by atoms with van der Waals surface area (Å²) < 4.78 is 5.22. The predicted molar refractivity (Wildman–Crippen MR) is 75.3 cm³/mol. The van der Waals surface area contributed by atoms with Crippen LogP contribution in [-0.4, -0.2) is 24.2 Å². The van der Waals surface area contributed by atoms with Crippen molar-refractivity contribution in [2.45, 2.75) is 13.2 Å². The van der Waals surface area contributed by atoms with Gasteiger partial charge in [0.15, 0.2) is 0 Å². The summed E-state index contributed by atoms with van der Waals surface area (Å²) in [6, 6.07) is 9.87. The van der Waals surface area contributed by atoms with Crippen molar-refractivity contribution >= 4 is 5.69 Å². The summed E-state index contributed by atoms with van der Waals surface area (Å²) >= 11 is 0. The SMILES string of the molecule is COc1cccc(CN(C)c2ccncc2CO)c1. The number of nitrogens with zero attached hydrogens (tertiary/aromatic N) is 2. The molecule has 0 aliphatic heterocycles. The highest BCUT2D eigenvalue weighted by atomic mass is 16.5. The molecule has 0 fully saturated rings. The highest BCUT2D eigenvalue weighted by Crippen LogP contribution is 2.21. The number of anilines is 1. The van der Waals surface area contributed by atoms with Crippen molar-refractivity contribution in [2.24, 2.45) is 0 Å². The lowest BCUT2D eigenvalue weighted by Gasteiger charge is -2.21. The van der Waals surface area contributed by atoms with Crippen molar-refractivity contribution in [3.63, 3.8) is 0 Å². The van der Waals surface area contributed by atoms with Gasteiger partial charge in [-0.2, -0.15) is 0 Å². The van der Waals surface area contributed by atoms with E-state index in [1.165, 1.54) is 0 Å². The molecule has 0 saturated heterocycles. The summed E-state index contributed by atoms with van der Waals surface area (Å²) in [6.45, 7) is 0.736. The van der Waals surface area contributed by atoms with Gasteiger partial charge in [0.05, 0.1) is 13.7 Å². The van der Waals surface area contributed by atoms with Crippen molar-refractivity contribution in [3.8, 4) is 5.75 Å². The van der Waals surface area contributed by atoms with Gasteiger partial charge in [0.1, 0.15) is 5.75 Å². The van der Waals surface area contributed by atoms with Gasteiger partial charge >= 0.3 is 0 Å². The average molecular weight is 258 g/mol. The smallest absolute Gasteiger partial charge is 0.119 e. The van der Waals surface area contributed by atoms with E-state index in [1.807, 2.05) is 31.3 Å². The second kappa shape index (κ2) is 6.20. The second-order valence-corrected chi connectivity index (χ2v) is 4.37. The summed E-state index contributed by atoms with van der Waals surface area (Å²) in [4.78, 5) is 6.11. The molecule has 0 unspecified atom stereocenters. The van der Waals surface area contributed by atoms with Crippen LogP contribution >= 0.6 is 0 Å². The fraction of sp³-hybridized carbons (Fsp3) is 0.267. The molecule has 4 nitrogen and oxygen atoms in total. The van der Waals surface area contributed by atoms with E-state index in [1.54, 1.807) is 19.5 Å². The molecular formula is C15H18N2O2. The lowest BCUT2D eigenvalue weighted by atomic mass is 10.1. The van der Waals surface area contributed by atoms with Crippen molar-refractivity contribution in [1.82, 2.24) is 4.98 Å². The first kappa shape index (κ1) is 13.4. The summed E-state index contributed by atoms with van der Waals surface area (Å²) in [5.74, 6) is 0.850. The molecule has 2 aromatic rings. The minimum absolute atomic E-state index is 0.00831. The number of hydrogen-bond acceptors (Lipinski definition) is 4. The van der Waals surface area contributed by atoms with E-state index >= 15 is 0 Å². The van der Waals surface area contributed by atoms with Crippen LogP contribution in [0.1, 0.15) is 11.1 Å². The maximum atomic E-state index is 9.33. The van der Waals surface area contributed by atoms with Crippen molar-refractivity contribution in [1.29, 1.82) is 0 Å². The molecule has 1 aromatic carbocycles. The Kier molecular flexibility index (Phi) is 4.36. The van der Waals surface area contributed by atoms with E-state index < -0.39 is 0 Å². The molecule has 1 aromatic heterocycles. The Hall–Kier alpha value is -2.07. The van der Waals surface area contributed by atoms with Crippen LogP contribution in [0.3, 0.4) is 0 Å². The number of benzene rings is 1. The van der Waals surface area contributed by atoms with Crippen LogP contribution in [0.5, 0.6) is 5.75 Å².